The van der Waals surface area contributed by atoms with E-state index in [0.717, 1.165) is 32.5 Å². The van der Waals surface area contributed by atoms with Crippen LogP contribution < -0.4 is 5.32 Å². The summed E-state index contributed by atoms with van der Waals surface area (Å²) in [6, 6.07) is 0.563. The lowest BCUT2D eigenvalue weighted by Gasteiger charge is -2.31. The number of aryl methyl sites for hydroxylation is 1. The molecule has 1 aromatic heterocycles. The Kier molecular flexibility index (Phi) is 3.78. The number of carbonyl (C=O) groups excluding carboxylic acids is 1. The molecule has 1 aliphatic heterocycles. The van der Waals surface area contributed by atoms with E-state index in [0.29, 0.717) is 11.7 Å². The van der Waals surface area contributed by atoms with Crippen LogP contribution in [0.1, 0.15) is 30.3 Å². The number of nitrogens with one attached hydrogen (secondary N) is 1. The molecule has 5 heteroatoms. The van der Waals surface area contributed by atoms with Gasteiger partial charge in [0.25, 0.3) is 5.91 Å². The lowest BCUT2D eigenvalue weighted by atomic mass is 10.0. The number of likely N-dealkylation sites (tertiary alicyclic amines) is 1. The van der Waals surface area contributed by atoms with Crippen LogP contribution in [0.25, 0.3) is 0 Å². The molecule has 94 valence electrons. The summed E-state index contributed by atoms with van der Waals surface area (Å²) in [6.45, 7) is 4.77. The molecule has 0 spiro atoms. The van der Waals surface area contributed by atoms with E-state index in [9.17, 15) is 4.79 Å². The molecule has 1 N–H and O–H groups in total. The largest absolute Gasteiger partial charge is 0.340 e. The third-order valence-electron chi connectivity index (χ3n) is 3.20. The van der Waals surface area contributed by atoms with Crippen molar-refractivity contribution in [1.29, 1.82) is 0 Å². The van der Waals surface area contributed by atoms with Gasteiger partial charge in [-0.3, -0.25) is 4.79 Å². The smallest absolute Gasteiger partial charge is 0.274 e. The van der Waals surface area contributed by atoms with Crippen LogP contribution in [-0.4, -0.2) is 46.0 Å². The quantitative estimate of drug-likeness (QED) is 0.837. The van der Waals surface area contributed by atoms with Gasteiger partial charge in [-0.15, -0.1) is 0 Å². The van der Waals surface area contributed by atoms with Crippen molar-refractivity contribution in [2.75, 3.05) is 19.6 Å². The first-order valence-corrected chi connectivity index (χ1v) is 6.21. The minimum Gasteiger partial charge on any atom is -0.340 e. The Hall–Kier alpha value is -1.36. The van der Waals surface area contributed by atoms with Gasteiger partial charge in [-0.2, -0.15) is 0 Å². The molecule has 0 aliphatic carbocycles. The first kappa shape index (κ1) is 12.1. The van der Waals surface area contributed by atoms with Crippen LogP contribution in [0.4, 0.5) is 0 Å². The van der Waals surface area contributed by atoms with Crippen molar-refractivity contribution >= 4 is 5.91 Å². The van der Waals surface area contributed by atoms with E-state index in [-0.39, 0.29) is 5.91 Å². The van der Waals surface area contributed by atoms with E-state index in [2.05, 4.69) is 17.2 Å². The number of imidazole rings is 1. The van der Waals surface area contributed by atoms with Gasteiger partial charge in [0.2, 0.25) is 0 Å². The van der Waals surface area contributed by atoms with Crippen LogP contribution in [0, 0.1) is 0 Å². The molecule has 0 saturated carbocycles. The lowest BCUT2D eigenvalue weighted by Crippen LogP contribution is -2.44. The van der Waals surface area contributed by atoms with Crippen molar-refractivity contribution in [3.63, 3.8) is 0 Å². The molecule has 1 amide bonds. The topological polar surface area (TPSA) is 50.2 Å². The van der Waals surface area contributed by atoms with Gasteiger partial charge in [0.1, 0.15) is 5.69 Å². The Morgan fingerprint density at radius 1 is 1.53 bits per heavy atom. The zero-order valence-corrected chi connectivity index (χ0v) is 10.5. The summed E-state index contributed by atoms with van der Waals surface area (Å²) in [4.78, 5) is 18.1. The van der Waals surface area contributed by atoms with Crippen LogP contribution in [0.3, 0.4) is 0 Å². The summed E-state index contributed by atoms with van der Waals surface area (Å²) < 4.78 is 1.80. The standard InChI is InChI=1S/C12H20N4O/c1-3-13-10-4-6-16(7-5-10)12(17)11-8-15(2)9-14-11/h8-10,13H,3-7H2,1-2H3. The molecule has 1 saturated heterocycles. The lowest BCUT2D eigenvalue weighted by molar-refractivity contribution is 0.0700. The van der Waals surface area contributed by atoms with Gasteiger partial charge >= 0.3 is 0 Å². The Bertz CT molecular complexity index is 380. The van der Waals surface area contributed by atoms with Crippen LogP contribution in [-0.2, 0) is 7.05 Å². The zero-order chi connectivity index (χ0) is 12.3. The number of hydrogen-bond donors (Lipinski definition) is 1. The molecular formula is C12H20N4O. The Morgan fingerprint density at radius 2 is 2.24 bits per heavy atom. The first-order chi connectivity index (χ1) is 8.20. The van der Waals surface area contributed by atoms with Gasteiger partial charge in [-0.25, -0.2) is 4.98 Å². The zero-order valence-electron chi connectivity index (χ0n) is 10.5. The molecule has 0 atom stereocenters. The van der Waals surface area contributed by atoms with Crippen LogP contribution >= 0.6 is 0 Å². The maximum Gasteiger partial charge on any atom is 0.274 e. The van der Waals surface area contributed by atoms with E-state index >= 15 is 0 Å². The van der Waals surface area contributed by atoms with Gasteiger partial charge in [0.15, 0.2) is 0 Å². The summed E-state index contributed by atoms with van der Waals surface area (Å²) in [5.41, 5.74) is 0.550. The van der Waals surface area contributed by atoms with Crippen molar-refractivity contribution in [2.24, 2.45) is 7.05 Å². The summed E-state index contributed by atoms with van der Waals surface area (Å²) in [5, 5.41) is 3.43. The Morgan fingerprint density at radius 3 is 2.76 bits per heavy atom. The molecule has 0 bridgehead atoms. The number of piperidine rings is 1. The molecule has 5 nitrogen and oxygen atoms in total. The average Bonchev–Trinajstić information content (AvgIpc) is 2.76. The van der Waals surface area contributed by atoms with E-state index in [1.165, 1.54) is 0 Å². The molecule has 1 aromatic rings. The van der Waals surface area contributed by atoms with Crippen LogP contribution in [0.2, 0.25) is 0 Å². The summed E-state index contributed by atoms with van der Waals surface area (Å²) in [6.07, 6.45) is 5.51. The fraction of sp³-hybridized carbons (Fsp3) is 0.667. The monoisotopic (exact) mass is 236 g/mol. The maximum absolute atomic E-state index is 12.1. The minimum absolute atomic E-state index is 0.0561. The molecule has 17 heavy (non-hydrogen) atoms. The van der Waals surface area contributed by atoms with Gasteiger partial charge in [0.05, 0.1) is 6.33 Å². The second-order valence-corrected chi connectivity index (χ2v) is 4.55. The predicted molar refractivity (Wildman–Crippen MR) is 65.8 cm³/mol. The fourth-order valence-electron chi connectivity index (χ4n) is 2.26. The van der Waals surface area contributed by atoms with E-state index in [4.69, 9.17) is 0 Å². The predicted octanol–water partition coefficient (Wildman–Crippen LogP) is 0.634. The summed E-state index contributed by atoms with van der Waals surface area (Å²) in [5.74, 6) is 0.0561. The highest BCUT2D eigenvalue weighted by Crippen LogP contribution is 2.12. The highest BCUT2D eigenvalue weighted by molar-refractivity contribution is 5.92. The molecular weight excluding hydrogens is 216 g/mol. The molecule has 0 aromatic carbocycles. The van der Waals surface area contributed by atoms with Gasteiger partial charge in [-0.05, 0) is 19.4 Å². The van der Waals surface area contributed by atoms with E-state index < -0.39 is 0 Å². The fourth-order valence-corrected chi connectivity index (χ4v) is 2.26. The van der Waals surface area contributed by atoms with Crippen molar-refractivity contribution in [1.82, 2.24) is 19.8 Å². The number of carbonyl (C=O) groups is 1. The van der Waals surface area contributed by atoms with Gasteiger partial charge in [-0.1, -0.05) is 6.92 Å². The third-order valence-corrected chi connectivity index (χ3v) is 3.20. The van der Waals surface area contributed by atoms with Crippen LogP contribution in [0.5, 0.6) is 0 Å². The summed E-state index contributed by atoms with van der Waals surface area (Å²) in [7, 11) is 1.88. The van der Waals surface area contributed by atoms with Crippen molar-refractivity contribution in [3.05, 3.63) is 18.2 Å². The first-order valence-electron chi connectivity index (χ1n) is 6.21. The van der Waals surface area contributed by atoms with E-state index in [1.54, 1.807) is 17.1 Å². The number of rotatable bonds is 3. The number of aromatic nitrogens is 2. The SMILES string of the molecule is CCNC1CCN(C(=O)c2cn(C)cn2)CC1. The third kappa shape index (κ3) is 2.85. The van der Waals surface area contributed by atoms with Crippen molar-refractivity contribution in [2.45, 2.75) is 25.8 Å². The number of nitrogens with zero attached hydrogens (tertiary/aromatic N) is 3. The highest BCUT2D eigenvalue weighted by Gasteiger charge is 2.24. The molecule has 0 radical (unpaired) electrons. The second-order valence-electron chi connectivity index (χ2n) is 4.55. The highest BCUT2D eigenvalue weighted by atomic mass is 16.2. The Labute approximate surface area is 102 Å². The van der Waals surface area contributed by atoms with E-state index in [1.807, 2.05) is 11.9 Å². The van der Waals surface area contributed by atoms with Crippen molar-refractivity contribution in [3.8, 4) is 0 Å². The van der Waals surface area contributed by atoms with Crippen molar-refractivity contribution < 1.29 is 4.79 Å². The molecule has 1 fully saturated rings. The molecule has 1 aliphatic rings. The number of hydrogen-bond acceptors (Lipinski definition) is 3. The van der Waals surface area contributed by atoms with Gasteiger partial charge in [0, 0.05) is 32.4 Å². The van der Waals surface area contributed by atoms with Crippen LogP contribution in [0.15, 0.2) is 12.5 Å². The average molecular weight is 236 g/mol. The maximum atomic E-state index is 12.1. The normalized spacial score (nSPS) is 17.4. The molecule has 2 rings (SSSR count). The molecule has 2 heterocycles. The second kappa shape index (κ2) is 5.31. The Balaban J connectivity index is 1.90. The number of amides is 1. The van der Waals surface area contributed by atoms with Gasteiger partial charge < -0.3 is 14.8 Å². The minimum atomic E-state index is 0.0561. The summed E-state index contributed by atoms with van der Waals surface area (Å²) >= 11 is 0. The molecule has 0 unspecified atom stereocenters.